The molecule has 2 N–H and O–H groups in total. The zero-order valence-corrected chi connectivity index (χ0v) is 9.25. The van der Waals surface area contributed by atoms with E-state index in [-0.39, 0.29) is 5.69 Å². The highest BCUT2D eigenvalue weighted by atomic mass is 19.2. The molecule has 0 aliphatic heterocycles. The highest BCUT2D eigenvalue weighted by Gasteiger charge is 2.17. The third kappa shape index (κ3) is 2.99. The van der Waals surface area contributed by atoms with Crippen molar-refractivity contribution in [1.82, 2.24) is 0 Å². The summed E-state index contributed by atoms with van der Waals surface area (Å²) in [5.41, 5.74) is -0.743. The van der Waals surface area contributed by atoms with Crippen LogP contribution in [0.3, 0.4) is 0 Å². The molecule has 1 aromatic carbocycles. The molecule has 4 nitrogen and oxygen atoms in total. The minimum absolute atomic E-state index is 0.255. The molecular formula is C11H11F2NO3. The fourth-order valence-corrected chi connectivity index (χ4v) is 1.10. The number of hydrogen-bond acceptors (Lipinski definition) is 2. The number of anilines is 1. The average molecular weight is 243 g/mol. The van der Waals surface area contributed by atoms with E-state index in [1.165, 1.54) is 0 Å². The maximum absolute atomic E-state index is 13.0. The number of carboxylic acid groups (broad SMARTS) is 1. The number of hydrogen-bond donors (Lipinski definition) is 2. The molecule has 1 aromatic rings. The summed E-state index contributed by atoms with van der Waals surface area (Å²) in [5, 5.41) is 11.0. The van der Waals surface area contributed by atoms with E-state index < -0.39 is 35.0 Å². The summed E-state index contributed by atoms with van der Waals surface area (Å²) in [5.74, 6) is -4.80. The van der Waals surface area contributed by atoms with Crippen LogP contribution in [0.25, 0.3) is 0 Å². The summed E-state index contributed by atoms with van der Waals surface area (Å²) in [4.78, 5) is 22.2. The number of nitrogens with one attached hydrogen (secondary N) is 1. The van der Waals surface area contributed by atoms with Crippen LogP contribution < -0.4 is 5.32 Å². The lowest BCUT2D eigenvalue weighted by Gasteiger charge is -2.10. The van der Waals surface area contributed by atoms with E-state index in [0.29, 0.717) is 12.1 Å². The van der Waals surface area contributed by atoms with Crippen molar-refractivity contribution >= 4 is 17.6 Å². The lowest BCUT2D eigenvalue weighted by Crippen LogP contribution is -2.20. The number of aromatic carboxylic acids is 1. The summed E-state index contributed by atoms with van der Waals surface area (Å²) < 4.78 is 25.8. The summed E-state index contributed by atoms with van der Waals surface area (Å²) in [6, 6.07) is 1.19. The number of rotatable bonds is 3. The third-order valence-corrected chi connectivity index (χ3v) is 2.07. The van der Waals surface area contributed by atoms with Crippen molar-refractivity contribution in [3.8, 4) is 0 Å². The Balaban J connectivity index is 3.17. The molecule has 0 saturated carbocycles. The van der Waals surface area contributed by atoms with E-state index in [4.69, 9.17) is 5.11 Å². The Morgan fingerprint density at radius 3 is 2.24 bits per heavy atom. The second kappa shape index (κ2) is 4.90. The standard InChI is InChI=1S/C11H11F2NO3/c1-5(2)10(15)14-9-4-8(13)7(12)3-6(9)11(16)17/h3-5H,1-2H3,(H,14,15)(H,16,17). The second-order valence-electron chi connectivity index (χ2n) is 3.76. The predicted molar refractivity (Wildman–Crippen MR) is 56.8 cm³/mol. The molecule has 0 aliphatic carbocycles. The largest absolute Gasteiger partial charge is 0.478 e. The van der Waals surface area contributed by atoms with Crippen LogP contribution >= 0.6 is 0 Å². The smallest absolute Gasteiger partial charge is 0.337 e. The van der Waals surface area contributed by atoms with Gasteiger partial charge in [-0.25, -0.2) is 13.6 Å². The van der Waals surface area contributed by atoms with Gasteiger partial charge in [0.05, 0.1) is 11.3 Å². The third-order valence-electron chi connectivity index (χ3n) is 2.07. The van der Waals surface area contributed by atoms with E-state index in [9.17, 15) is 18.4 Å². The van der Waals surface area contributed by atoms with Gasteiger partial charge in [-0.05, 0) is 6.07 Å². The molecule has 92 valence electrons. The van der Waals surface area contributed by atoms with Crippen molar-refractivity contribution in [2.45, 2.75) is 13.8 Å². The average Bonchev–Trinajstić information content (AvgIpc) is 2.22. The molecule has 6 heteroatoms. The first-order valence-corrected chi connectivity index (χ1v) is 4.86. The van der Waals surface area contributed by atoms with E-state index in [0.717, 1.165) is 0 Å². The van der Waals surface area contributed by atoms with Gasteiger partial charge in [-0.2, -0.15) is 0 Å². The van der Waals surface area contributed by atoms with Crippen molar-refractivity contribution in [3.05, 3.63) is 29.3 Å². The van der Waals surface area contributed by atoms with Crippen LogP contribution in [0, 0.1) is 17.6 Å². The maximum Gasteiger partial charge on any atom is 0.337 e. The lowest BCUT2D eigenvalue weighted by molar-refractivity contribution is -0.118. The number of carbonyl (C=O) groups excluding carboxylic acids is 1. The Morgan fingerprint density at radius 1 is 1.24 bits per heavy atom. The Labute approximate surface area is 96.3 Å². The minimum Gasteiger partial charge on any atom is -0.478 e. The van der Waals surface area contributed by atoms with Gasteiger partial charge in [0.1, 0.15) is 0 Å². The quantitative estimate of drug-likeness (QED) is 0.855. The number of carboxylic acids is 1. The van der Waals surface area contributed by atoms with Crippen LogP contribution in [-0.2, 0) is 4.79 Å². The molecule has 0 atom stereocenters. The Hall–Kier alpha value is -1.98. The molecule has 0 heterocycles. The van der Waals surface area contributed by atoms with Crippen LogP contribution in [0.15, 0.2) is 12.1 Å². The Bertz CT molecular complexity index is 472. The zero-order chi connectivity index (χ0) is 13.2. The molecule has 0 fully saturated rings. The van der Waals surface area contributed by atoms with E-state index in [2.05, 4.69) is 5.32 Å². The van der Waals surface area contributed by atoms with Gasteiger partial charge in [-0.1, -0.05) is 13.8 Å². The first-order valence-electron chi connectivity index (χ1n) is 4.86. The van der Waals surface area contributed by atoms with E-state index in [1.807, 2.05) is 0 Å². The first kappa shape index (κ1) is 13.1. The molecule has 0 aliphatic rings. The fraction of sp³-hybridized carbons (Fsp3) is 0.273. The molecule has 1 rings (SSSR count). The first-order chi connectivity index (χ1) is 7.82. The second-order valence-corrected chi connectivity index (χ2v) is 3.76. The monoisotopic (exact) mass is 243 g/mol. The van der Waals surface area contributed by atoms with Crippen molar-refractivity contribution in [2.75, 3.05) is 5.32 Å². The van der Waals surface area contributed by atoms with Crippen molar-refractivity contribution < 1.29 is 23.5 Å². The van der Waals surface area contributed by atoms with E-state index in [1.54, 1.807) is 13.8 Å². The molecular weight excluding hydrogens is 232 g/mol. The molecule has 0 unspecified atom stereocenters. The minimum atomic E-state index is -1.44. The number of carbonyl (C=O) groups is 2. The summed E-state index contributed by atoms with van der Waals surface area (Å²) >= 11 is 0. The van der Waals surface area contributed by atoms with Gasteiger partial charge in [0.25, 0.3) is 0 Å². The van der Waals surface area contributed by atoms with Gasteiger partial charge in [-0.3, -0.25) is 4.79 Å². The van der Waals surface area contributed by atoms with Gasteiger partial charge < -0.3 is 10.4 Å². The van der Waals surface area contributed by atoms with Gasteiger partial charge in [0, 0.05) is 12.0 Å². The Morgan fingerprint density at radius 2 is 1.76 bits per heavy atom. The molecule has 0 spiro atoms. The zero-order valence-electron chi connectivity index (χ0n) is 9.25. The summed E-state index contributed by atoms with van der Waals surface area (Å²) in [6.07, 6.45) is 0. The molecule has 0 radical (unpaired) electrons. The van der Waals surface area contributed by atoms with Crippen LogP contribution in [0.5, 0.6) is 0 Å². The normalized spacial score (nSPS) is 10.4. The molecule has 0 saturated heterocycles. The maximum atomic E-state index is 13.0. The predicted octanol–water partition coefficient (Wildman–Crippen LogP) is 2.26. The highest BCUT2D eigenvalue weighted by Crippen LogP contribution is 2.20. The fourth-order valence-electron chi connectivity index (χ4n) is 1.10. The lowest BCUT2D eigenvalue weighted by atomic mass is 10.1. The van der Waals surface area contributed by atoms with Crippen LogP contribution in [0.2, 0.25) is 0 Å². The van der Waals surface area contributed by atoms with Gasteiger partial charge in [0.15, 0.2) is 11.6 Å². The van der Waals surface area contributed by atoms with Gasteiger partial charge >= 0.3 is 5.97 Å². The van der Waals surface area contributed by atoms with Crippen molar-refractivity contribution in [2.24, 2.45) is 5.92 Å². The summed E-state index contributed by atoms with van der Waals surface area (Å²) in [6.45, 7) is 3.19. The molecule has 17 heavy (non-hydrogen) atoms. The van der Waals surface area contributed by atoms with Crippen LogP contribution in [0.4, 0.5) is 14.5 Å². The molecule has 0 bridgehead atoms. The molecule has 1 amide bonds. The number of amides is 1. The van der Waals surface area contributed by atoms with Crippen molar-refractivity contribution in [3.63, 3.8) is 0 Å². The SMILES string of the molecule is CC(C)C(=O)Nc1cc(F)c(F)cc1C(=O)O. The highest BCUT2D eigenvalue weighted by molar-refractivity contribution is 6.01. The van der Waals surface area contributed by atoms with Crippen LogP contribution in [0.1, 0.15) is 24.2 Å². The number of benzene rings is 1. The number of halogens is 2. The van der Waals surface area contributed by atoms with Gasteiger partial charge in [-0.15, -0.1) is 0 Å². The Kier molecular flexibility index (Phi) is 3.77. The topological polar surface area (TPSA) is 66.4 Å². The van der Waals surface area contributed by atoms with E-state index >= 15 is 0 Å². The van der Waals surface area contributed by atoms with Crippen LogP contribution in [-0.4, -0.2) is 17.0 Å². The molecule has 0 aromatic heterocycles. The summed E-state index contributed by atoms with van der Waals surface area (Å²) in [7, 11) is 0. The van der Waals surface area contributed by atoms with Gasteiger partial charge in [0.2, 0.25) is 5.91 Å². The van der Waals surface area contributed by atoms with Crippen molar-refractivity contribution in [1.29, 1.82) is 0 Å².